The molecular formula is C20H25N3O4S. The Morgan fingerprint density at radius 1 is 1.11 bits per heavy atom. The lowest BCUT2D eigenvalue weighted by molar-refractivity contribution is 0.0698. The zero-order valence-corrected chi connectivity index (χ0v) is 16.9. The highest BCUT2D eigenvalue weighted by molar-refractivity contribution is 7.92. The van der Waals surface area contributed by atoms with E-state index in [1.54, 1.807) is 37.3 Å². The average molecular weight is 404 g/mol. The number of piperazine rings is 1. The highest BCUT2D eigenvalue weighted by atomic mass is 32.2. The molecule has 2 N–H and O–H groups in total. The topological polar surface area (TPSA) is 90.0 Å². The fourth-order valence-electron chi connectivity index (χ4n) is 3.37. The first-order valence-electron chi connectivity index (χ1n) is 9.25. The monoisotopic (exact) mass is 403 g/mol. The fourth-order valence-corrected chi connectivity index (χ4v) is 4.70. The van der Waals surface area contributed by atoms with Gasteiger partial charge in [-0.25, -0.2) is 13.2 Å². The molecule has 0 unspecified atom stereocenters. The standard InChI is InChI=1S/C20H25N3O4S/c1-3-22-10-12-23(13-11-22)16-8-9-18(17(14-16)20(24)25)21-28(26,27)19-7-5-4-6-15(19)2/h4-9,14,21H,3,10-13H2,1-2H3,(H,24,25). The molecule has 8 heteroatoms. The summed E-state index contributed by atoms with van der Waals surface area (Å²) in [5.41, 5.74) is 1.38. The number of aromatic carboxylic acids is 1. The molecule has 0 spiro atoms. The minimum Gasteiger partial charge on any atom is -0.478 e. The van der Waals surface area contributed by atoms with E-state index in [1.807, 2.05) is 0 Å². The number of carboxylic acid groups (broad SMARTS) is 1. The number of likely N-dealkylation sites (N-methyl/N-ethyl adjacent to an activating group) is 1. The van der Waals surface area contributed by atoms with Crippen LogP contribution in [-0.4, -0.2) is 57.1 Å². The van der Waals surface area contributed by atoms with E-state index in [1.165, 1.54) is 12.1 Å². The lowest BCUT2D eigenvalue weighted by Crippen LogP contribution is -2.46. The van der Waals surface area contributed by atoms with E-state index < -0.39 is 16.0 Å². The quantitative estimate of drug-likeness (QED) is 0.771. The molecule has 2 aromatic rings. The number of benzene rings is 2. The van der Waals surface area contributed by atoms with Gasteiger partial charge in [-0.15, -0.1) is 0 Å². The van der Waals surface area contributed by atoms with E-state index in [0.29, 0.717) is 5.56 Å². The molecule has 0 radical (unpaired) electrons. The second kappa shape index (κ2) is 8.20. The number of nitrogens with zero attached hydrogens (tertiary/aromatic N) is 2. The Labute approximate surface area is 165 Å². The van der Waals surface area contributed by atoms with E-state index >= 15 is 0 Å². The van der Waals surface area contributed by atoms with Crippen molar-refractivity contribution in [3.63, 3.8) is 0 Å². The van der Waals surface area contributed by atoms with Gasteiger partial charge < -0.3 is 14.9 Å². The predicted molar refractivity (Wildman–Crippen MR) is 110 cm³/mol. The number of sulfonamides is 1. The normalized spacial score (nSPS) is 15.4. The minimum atomic E-state index is -3.88. The first-order valence-corrected chi connectivity index (χ1v) is 10.7. The maximum atomic E-state index is 12.7. The molecular weight excluding hydrogens is 378 g/mol. The molecule has 150 valence electrons. The first kappa shape index (κ1) is 20.2. The molecule has 1 heterocycles. The summed E-state index contributed by atoms with van der Waals surface area (Å²) in [5, 5.41) is 9.63. The van der Waals surface area contributed by atoms with Gasteiger partial charge in [-0.1, -0.05) is 25.1 Å². The molecule has 0 atom stereocenters. The molecule has 1 saturated heterocycles. The van der Waals surface area contributed by atoms with E-state index in [9.17, 15) is 18.3 Å². The molecule has 1 aliphatic rings. The van der Waals surface area contributed by atoms with Gasteiger partial charge in [0.15, 0.2) is 0 Å². The van der Waals surface area contributed by atoms with Crippen LogP contribution < -0.4 is 9.62 Å². The van der Waals surface area contributed by atoms with Crippen molar-refractivity contribution in [1.29, 1.82) is 0 Å². The zero-order chi connectivity index (χ0) is 20.3. The maximum Gasteiger partial charge on any atom is 0.337 e. The van der Waals surface area contributed by atoms with Crippen molar-refractivity contribution in [2.75, 3.05) is 42.3 Å². The number of carbonyl (C=O) groups is 1. The predicted octanol–water partition coefficient (Wildman–Crippen LogP) is 2.64. The molecule has 1 fully saturated rings. The number of rotatable bonds is 6. The van der Waals surface area contributed by atoms with Crippen molar-refractivity contribution in [2.45, 2.75) is 18.7 Å². The van der Waals surface area contributed by atoms with Crippen molar-refractivity contribution in [1.82, 2.24) is 4.90 Å². The third kappa shape index (κ3) is 4.28. The Bertz CT molecular complexity index is 967. The van der Waals surface area contributed by atoms with Crippen molar-refractivity contribution >= 4 is 27.4 Å². The second-order valence-corrected chi connectivity index (χ2v) is 8.48. The summed E-state index contributed by atoms with van der Waals surface area (Å²) in [6, 6.07) is 11.4. The Kier molecular flexibility index (Phi) is 5.90. The fraction of sp³-hybridized carbons (Fsp3) is 0.350. The Morgan fingerprint density at radius 2 is 1.79 bits per heavy atom. The maximum absolute atomic E-state index is 12.7. The third-order valence-corrected chi connectivity index (χ3v) is 6.57. The number of hydrogen-bond acceptors (Lipinski definition) is 5. The van der Waals surface area contributed by atoms with Crippen LogP contribution in [0.2, 0.25) is 0 Å². The summed E-state index contributed by atoms with van der Waals surface area (Å²) in [4.78, 5) is 16.4. The Morgan fingerprint density at radius 3 is 2.39 bits per heavy atom. The van der Waals surface area contributed by atoms with Gasteiger partial charge in [0.05, 0.1) is 16.1 Å². The molecule has 28 heavy (non-hydrogen) atoms. The van der Waals surface area contributed by atoms with Gasteiger partial charge >= 0.3 is 5.97 Å². The van der Waals surface area contributed by atoms with Gasteiger partial charge in [-0.3, -0.25) is 4.72 Å². The van der Waals surface area contributed by atoms with Crippen molar-refractivity contribution in [3.05, 3.63) is 53.6 Å². The lowest BCUT2D eigenvalue weighted by Gasteiger charge is -2.35. The van der Waals surface area contributed by atoms with Crippen LogP contribution in [0.25, 0.3) is 0 Å². The smallest absolute Gasteiger partial charge is 0.337 e. The highest BCUT2D eigenvalue weighted by Crippen LogP contribution is 2.27. The van der Waals surface area contributed by atoms with Crippen LogP contribution >= 0.6 is 0 Å². The van der Waals surface area contributed by atoms with Gasteiger partial charge in [-0.2, -0.15) is 0 Å². The summed E-state index contributed by atoms with van der Waals surface area (Å²) >= 11 is 0. The van der Waals surface area contributed by atoms with Crippen molar-refractivity contribution in [2.24, 2.45) is 0 Å². The van der Waals surface area contributed by atoms with E-state index in [0.717, 1.165) is 38.4 Å². The number of anilines is 2. The average Bonchev–Trinajstić information content (AvgIpc) is 2.68. The van der Waals surface area contributed by atoms with E-state index in [4.69, 9.17) is 0 Å². The molecule has 2 aromatic carbocycles. The third-order valence-electron chi connectivity index (χ3n) is 5.05. The van der Waals surface area contributed by atoms with Crippen molar-refractivity contribution in [3.8, 4) is 0 Å². The summed E-state index contributed by atoms with van der Waals surface area (Å²) in [5.74, 6) is -1.17. The molecule has 0 bridgehead atoms. The number of aryl methyl sites for hydroxylation is 1. The second-order valence-electron chi connectivity index (χ2n) is 6.83. The molecule has 1 aliphatic heterocycles. The summed E-state index contributed by atoms with van der Waals surface area (Å²) in [6.07, 6.45) is 0. The van der Waals surface area contributed by atoms with Crippen LogP contribution in [0.3, 0.4) is 0 Å². The Hall–Kier alpha value is -2.58. The van der Waals surface area contributed by atoms with E-state index in [-0.39, 0.29) is 16.1 Å². The number of hydrogen-bond donors (Lipinski definition) is 2. The molecule has 0 aromatic heterocycles. The van der Waals surface area contributed by atoms with Crippen LogP contribution in [0.1, 0.15) is 22.8 Å². The van der Waals surface area contributed by atoms with Crippen LogP contribution in [0.15, 0.2) is 47.4 Å². The van der Waals surface area contributed by atoms with Crippen molar-refractivity contribution < 1.29 is 18.3 Å². The zero-order valence-electron chi connectivity index (χ0n) is 16.1. The minimum absolute atomic E-state index is 0.0618. The SMILES string of the molecule is CCN1CCN(c2ccc(NS(=O)(=O)c3ccccc3C)c(C(=O)O)c2)CC1. The summed E-state index contributed by atoms with van der Waals surface area (Å²) in [7, 11) is -3.88. The summed E-state index contributed by atoms with van der Waals surface area (Å²) < 4.78 is 27.9. The number of nitrogens with one attached hydrogen (secondary N) is 1. The van der Waals surface area contributed by atoms with Crippen LogP contribution in [0.5, 0.6) is 0 Å². The van der Waals surface area contributed by atoms with Crippen LogP contribution in [-0.2, 0) is 10.0 Å². The van der Waals surface area contributed by atoms with E-state index in [2.05, 4.69) is 21.4 Å². The lowest BCUT2D eigenvalue weighted by atomic mass is 10.1. The van der Waals surface area contributed by atoms with Gasteiger partial charge in [0.25, 0.3) is 10.0 Å². The molecule has 3 rings (SSSR count). The molecule has 0 aliphatic carbocycles. The van der Waals surface area contributed by atoms with Gasteiger partial charge in [0.1, 0.15) is 0 Å². The summed E-state index contributed by atoms with van der Waals surface area (Å²) in [6.45, 7) is 8.26. The molecule has 7 nitrogen and oxygen atoms in total. The largest absolute Gasteiger partial charge is 0.478 e. The molecule has 0 saturated carbocycles. The van der Waals surface area contributed by atoms with Gasteiger partial charge in [-0.05, 0) is 43.3 Å². The van der Waals surface area contributed by atoms with Gasteiger partial charge in [0, 0.05) is 31.9 Å². The highest BCUT2D eigenvalue weighted by Gasteiger charge is 2.22. The van der Waals surface area contributed by atoms with Crippen LogP contribution in [0.4, 0.5) is 11.4 Å². The van der Waals surface area contributed by atoms with Gasteiger partial charge in [0.2, 0.25) is 0 Å². The Balaban J connectivity index is 1.88. The van der Waals surface area contributed by atoms with Crippen LogP contribution in [0, 0.1) is 6.92 Å². The number of carboxylic acids is 1. The molecule has 0 amide bonds. The first-order chi connectivity index (χ1) is 13.3.